The van der Waals surface area contributed by atoms with Crippen LogP contribution in [-0.2, 0) is 6.42 Å². The molecule has 0 nitrogen and oxygen atoms in total. The highest BCUT2D eigenvalue weighted by atomic mass is 14.2. The molecule has 7 aromatic carbocycles. The maximum atomic E-state index is 2.46. The molecule has 0 aliphatic rings. The van der Waals surface area contributed by atoms with Crippen LogP contribution in [0.1, 0.15) is 25.3 Å². The third-order valence-corrected chi connectivity index (χ3v) is 7.98. The van der Waals surface area contributed by atoms with Crippen LogP contribution >= 0.6 is 0 Å². The lowest BCUT2D eigenvalue weighted by atomic mass is 9.84. The Morgan fingerprint density at radius 3 is 1.50 bits per heavy atom. The predicted octanol–water partition coefficient (Wildman–Crippen LogP) is 11.0. The second-order valence-electron chi connectivity index (χ2n) is 10.4. The van der Waals surface area contributed by atoms with E-state index in [4.69, 9.17) is 0 Å². The van der Waals surface area contributed by atoms with Crippen molar-refractivity contribution in [2.24, 2.45) is 0 Å². The summed E-state index contributed by atoms with van der Waals surface area (Å²) >= 11 is 0. The zero-order chi connectivity index (χ0) is 25.5. The van der Waals surface area contributed by atoms with Crippen molar-refractivity contribution < 1.29 is 0 Å². The number of rotatable bonds is 5. The number of benzene rings is 7. The van der Waals surface area contributed by atoms with E-state index in [1.165, 1.54) is 83.7 Å². The molecule has 0 bridgehead atoms. The Morgan fingerprint density at radius 2 is 0.921 bits per heavy atom. The molecule has 0 atom stereocenters. The molecule has 38 heavy (non-hydrogen) atoms. The van der Waals surface area contributed by atoms with E-state index in [1.54, 1.807) is 0 Å². The highest BCUT2D eigenvalue weighted by Crippen LogP contribution is 2.45. The second kappa shape index (κ2) is 9.47. The topological polar surface area (TPSA) is 0 Å². The van der Waals surface area contributed by atoms with Gasteiger partial charge in [-0.25, -0.2) is 0 Å². The minimum atomic E-state index is 1.11. The zero-order valence-electron chi connectivity index (χ0n) is 21.7. The second-order valence-corrected chi connectivity index (χ2v) is 10.4. The van der Waals surface area contributed by atoms with E-state index in [9.17, 15) is 0 Å². The van der Waals surface area contributed by atoms with Gasteiger partial charge in [-0.2, -0.15) is 0 Å². The number of fused-ring (bicyclic) bond motifs is 4. The van der Waals surface area contributed by atoms with Crippen molar-refractivity contribution in [2.75, 3.05) is 0 Å². The summed E-state index contributed by atoms with van der Waals surface area (Å²) in [6.45, 7) is 2.27. The fourth-order valence-electron chi connectivity index (χ4n) is 6.07. The first kappa shape index (κ1) is 22.8. The fraction of sp³-hybridized carbons (Fsp3) is 0.105. The molecule has 0 spiro atoms. The molecule has 0 saturated heterocycles. The van der Waals surface area contributed by atoms with Gasteiger partial charge in [0.1, 0.15) is 0 Å². The molecule has 0 radical (unpaired) electrons. The molecule has 0 amide bonds. The quantitative estimate of drug-likeness (QED) is 0.212. The number of unbranched alkanes of at least 4 members (excludes halogenated alkanes) is 1. The van der Waals surface area contributed by atoms with Crippen LogP contribution in [0.4, 0.5) is 0 Å². The van der Waals surface area contributed by atoms with Crippen molar-refractivity contribution in [3.05, 3.63) is 133 Å². The molecule has 0 N–H and O–H groups in total. The van der Waals surface area contributed by atoms with E-state index in [-0.39, 0.29) is 0 Å². The van der Waals surface area contributed by atoms with E-state index in [0.29, 0.717) is 0 Å². The third-order valence-electron chi connectivity index (χ3n) is 7.98. The Morgan fingerprint density at radius 1 is 0.421 bits per heavy atom. The van der Waals surface area contributed by atoms with Gasteiger partial charge in [0.05, 0.1) is 0 Å². The molecule has 0 unspecified atom stereocenters. The molecule has 0 fully saturated rings. The Bertz CT molecular complexity index is 1960. The average molecular weight is 487 g/mol. The Kier molecular flexibility index (Phi) is 5.67. The summed E-state index contributed by atoms with van der Waals surface area (Å²) in [5.41, 5.74) is 6.64. The molecule has 0 aliphatic heterocycles. The van der Waals surface area contributed by atoms with Gasteiger partial charge >= 0.3 is 0 Å². The van der Waals surface area contributed by atoms with E-state index in [1.807, 2.05) is 0 Å². The smallest absolute Gasteiger partial charge is 0.00261 e. The van der Waals surface area contributed by atoms with Gasteiger partial charge in [0, 0.05) is 0 Å². The van der Waals surface area contributed by atoms with E-state index in [2.05, 4.69) is 134 Å². The maximum absolute atomic E-state index is 2.46. The van der Waals surface area contributed by atoms with Crippen molar-refractivity contribution in [1.29, 1.82) is 0 Å². The molecule has 7 aromatic rings. The summed E-state index contributed by atoms with van der Waals surface area (Å²) in [4.78, 5) is 0. The first-order chi connectivity index (χ1) is 18.8. The van der Waals surface area contributed by atoms with Crippen molar-refractivity contribution >= 4 is 43.1 Å². The van der Waals surface area contributed by atoms with Crippen LogP contribution in [0, 0.1) is 0 Å². The van der Waals surface area contributed by atoms with E-state index >= 15 is 0 Å². The molecule has 7 rings (SSSR count). The summed E-state index contributed by atoms with van der Waals surface area (Å²) in [5, 5.41) is 10.4. The van der Waals surface area contributed by atoms with Crippen LogP contribution in [0.5, 0.6) is 0 Å². The molecule has 0 aromatic heterocycles. The summed E-state index contributed by atoms with van der Waals surface area (Å²) in [7, 11) is 0. The normalized spacial score (nSPS) is 11.6. The van der Waals surface area contributed by atoms with Crippen molar-refractivity contribution in [3.63, 3.8) is 0 Å². The third kappa shape index (κ3) is 3.85. The lowest BCUT2D eigenvalue weighted by Crippen LogP contribution is -1.93. The van der Waals surface area contributed by atoms with Gasteiger partial charge < -0.3 is 0 Å². The Labute approximate surface area is 224 Å². The number of hydrogen-bond donors (Lipinski definition) is 0. The van der Waals surface area contributed by atoms with Crippen molar-refractivity contribution in [3.8, 4) is 22.3 Å². The Hall–Kier alpha value is -4.42. The Balaban J connectivity index is 1.59. The monoisotopic (exact) mass is 486 g/mol. The standard InChI is InChI=1S/C38H30/c1-2-3-10-26-17-22-35-36(23-26)38(32-21-19-28-12-5-7-14-30(28)25-32)34-16-9-8-15-33(34)37(35)31-20-18-27-11-4-6-13-29(27)24-31/h4-9,11-25H,2-3,10H2,1H3. The van der Waals surface area contributed by atoms with Gasteiger partial charge in [0.2, 0.25) is 0 Å². The zero-order valence-corrected chi connectivity index (χ0v) is 21.7. The molecule has 0 saturated carbocycles. The van der Waals surface area contributed by atoms with E-state index in [0.717, 1.165) is 6.42 Å². The van der Waals surface area contributed by atoms with Gasteiger partial charge in [-0.15, -0.1) is 0 Å². The van der Waals surface area contributed by atoms with Crippen LogP contribution in [-0.4, -0.2) is 0 Å². The number of hydrogen-bond acceptors (Lipinski definition) is 0. The molecular formula is C38H30. The van der Waals surface area contributed by atoms with Crippen molar-refractivity contribution in [1.82, 2.24) is 0 Å². The van der Waals surface area contributed by atoms with Crippen LogP contribution in [0.25, 0.3) is 65.3 Å². The predicted molar refractivity (Wildman–Crippen MR) is 166 cm³/mol. The van der Waals surface area contributed by atoms with Gasteiger partial charge in [0.15, 0.2) is 0 Å². The van der Waals surface area contributed by atoms with Gasteiger partial charge in [-0.05, 0) is 95.9 Å². The minimum absolute atomic E-state index is 1.11. The summed E-state index contributed by atoms with van der Waals surface area (Å²) in [5.74, 6) is 0. The molecule has 0 heteroatoms. The van der Waals surface area contributed by atoms with E-state index < -0.39 is 0 Å². The van der Waals surface area contributed by atoms with Crippen LogP contribution in [0.15, 0.2) is 127 Å². The SMILES string of the molecule is CCCCc1ccc2c(-c3ccc4ccccc4c3)c3ccccc3c(-c3ccc4ccccc4c3)c2c1. The van der Waals surface area contributed by atoms with Gasteiger partial charge in [-0.1, -0.05) is 129 Å². The summed E-state index contributed by atoms with van der Waals surface area (Å²) in [6.07, 6.45) is 3.53. The highest BCUT2D eigenvalue weighted by Gasteiger charge is 2.17. The van der Waals surface area contributed by atoms with Gasteiger partial charge in [0.25, 0.3) is 0 Å². The molecule has 0 heterocycles. The molecular weight excluding hydrogens is 456 g/mol. The van der Waals surface area contributed by atoms with Crippen molar-refractivity contribution in [2.45, 2.75) is 26.2 Å². The summed E-state index contributed by atoms with van der Waals surface area (Å²) in [6, 6.07) is 47.3. The first-order valence-corrected chi connectivity index (χ1v) is 13.8. The van der Waals surface area contributed by atoms with Crippen LogP contribution in [0.3, 0.4) is 0 Å². The molecule has 182 valence electrons. The first-order valence-electron chi connectivity index (χ1n) is 13.8. The number of aryl methyl sites for hydroxylation is 1. The van der Waals surface area contributed by atoms with Crippen LogP contribution in [0.2, 0.25) is 0 Å². The lowest BCUT2D eigenvalue weighted by Gasteiger charge is -2.19. The lowest BCUT2D eigenvalue weighted by molar-refractivity contribution is 0.796. The molecule has 0 aliphatic carbocycles. The van der Waals surface area contributed by atoms with Gasteiger partial charge in [-0.3, -0.25) is 0 Å². The highest BCUT2D eigenvalue weighted by molar-refractivity contribution is 6.22. The largest absolute Gasteiger partial charge is 0.0654 e. The van der Waals surface area contributed by atoms with Crippen LogP contribution < -0.4 is 0 Å². The minimum Gasteiger partial charge on any atom is -0.0654 e. The fourth-order valence-corrected chi connectivity index (χ4v) is 6.07. The maximum Gasteiger partial charge on any atom is -0.00261 e. The average Bonchev–Trinajstić information content (AvgIpc) is 2.98. The summed E-state index contributed by atoms with van der Waals surface area (Å²) < 4.78 is 0.